The number of aliphatic hydroxyl groups is 1. The Morgan fingerprint density at radius 2 is 2.05 bits per heavy atom. The first kappa shape index (κ1) is 15.6. The molecule has 0 aliphatic heterocycles. The molecule has 0 unspecified atom stereocenters. The second kappa shape index (κ2) is 6.60. The van der Waals surface area contributed by atoms with Gasteiger partial charge in [-0.05, 0) is 25.5 Å². The lowest BCUT2D eigenvalue weighted by Gasteiger charge is -2.23. The first-order chi connectivity index (χ1) is 8.92. The van der Waals surface area contributed by atoms with Gasteiger partial charge in [-0.1, -0.05) is 0 Å². The molecule has 1 aromatic rings. The van der Waals surface area contributed by atoms with Crippen molar-refractivity contribution in [3.63, 3.8) is 0 Å². The number of alkyl halides is 3. The van der Waals surface area contributed by atoms with Crippen LogP contribution in [0.4, 0.5) is 24.8 Å². The summed E-state index contributed by atoms with van der Waals surface area (Å²) in [4.78, 5) is 5.82. The zero-order chi connectivity index (χ0) is 14.5. The zero-order valence-corrected chi connectivity index (χ0v) is 11.0. The van der Waals surface area contributed by atoms with Gasteiger partial charge in [0.2, 0.25) is 0 Å². The Bertz CT molecular complexity index is 410. The smallest absolute Gasteiger partial charge is 0.396 e. The summed E-state index contributed by atoms with van der Waals surface area (Å²) in [5, 5.41) is 11.4. The maximum atomic E-state index is 12.8. The van der Waals surface area contributed by atoms with E-state index in [0.29, 0.717) is 19.5 Å². The van der Waals surface area contributed by atoms with Gasteiger partial charge in [0.15, 0.2) is 0 Å². The molecule has 108 valence electrons. The van der Waals surface area contributed by atoms with Crippen LogP contribution in [-0.2, 0) is 6.18 Å². The molecule has 0 bridgehead atoms. The summed E-state index contributed by atoms with van der Waals surface area (Å²) in [7, 11) is 1.52. The normalized spacial score (nSPS) is 11.5. The second-order valence-corrected chi connectivity index (χ2v) is 4.00. The molecule has 1 heterocycles. The fourth-order valence-corrected chi connectivity index (χ4v) is 1.67. The molecule has 0 aliphatic carbocycles. The van der Waals surface area contributed by atoms with Gasteiger partial charge in [-0.15, -0.1) is 0 Å². The zero-order valence-electron chi connectivity index (χ0n) is 11.0. The van der Waals surface area contributed by atoms with Gasteiger partial charge in [0, 0.05) is 26.7 Å². The summed E-state index contributed by atoms with van der Waals surface area (Å²) >= 11 is 0. The van der Waals surface area contributed by atoms with E-state index in [9.17, 15) is 13.2 Å². The largest absolute Gasteiger partial charge is 0.416 e. The van der Waals surface area contributed by atoms with Crippen molar-refractivity contribution in [3.05, 3.63) is 17.7 Å². The Labute approximate surface area is 110 Å². The molecule has 0 spiro atoms. The highest BCUT2D eigenvalue weighted by atomic mass is 19.4. The third kappa shape index (κ3) is 4.27. The number of anilines is 2. The van der Waals surface area contributed by atoms with E-state index in [-0.39, 0.29) is 18.2 Å². The van der Waals surface area contributed by atoms with Crippen LogP contribution in [0.1, 0.15) is 18.9 Å². The van der Waals surface area contributed by atoms with E-state index < -0.39 is 11.7 Å². The maximum absolute atomic E-state index is 12.8. The predicted octanol–water partition coefficient (Wildman–Crippen LogP) is 2.35. The molecule has 0 radical (unpaired) electrons. The Hall–Kier alpha value is -1.50. The highest BCUT2D eigenvalue weighted by Crippen LogP contribution is 2.32. The van der Waals surface area contributed by atoms with Crippen molar-refractivity contribution in [1.82, 2.24) is 4.98 Å². The molecular formula is C12H18F3N3O. The number of rotatable bonds is 6. The van der Waals surface area contributed by atoms with Crippen LogP contribution in [0.15, 0.2) is 12.1 Å². The Kier molecular flexibility index (Phi) is 5.41. The number of halogens is 3. The number of hydrogen-bond acceptors (Lipinski definition) is 4. The van der Waals surface area contributed by atoms with E-state index in [2.05, 4.69) is 10.3 Å². The van der Waals surface area contributed by atoms with Crippen molar-refractivity contribution in [2.45, 2.75) is 19.5 Å². The average molecular weight is 277 g/mol. The molecule has 1 aromatic heterocycles. The van der Waals surface area contributed by atoms with E-state index in [1.165, 1.54) is 7.05 Å². The van der Waals surface area contributed by atoms with Crippen molar-refractivity contribution in [1.29, 1.82) is 0 Å². The molecule has 0 fully saturated rings. The van der Waals surface area contributed by atoms with Gasteiger partial charge >= 0.3 is 6.18 Å². The minimum absolute atomic E-state index is 0.00561. The van der Waals surface area contributed by atoms with E-state index in [4.69, 9.17) is 5.11 Å². The lowest BCUT2D eigenvalue weighted by Crippen LogP contribution is -2.26. The van der Waals surface area contributed by atoms with Gasteiger partial charge in [-0.25, -0.2) is 4.98 Å². The molecule has 0 saturated heterocycles. The van der Waals surface area contributed by atoms with Crippen LogP contribution in [0, 0.1) is 0 Å². The maximum Gasteiger partial charge on any atom is 0.416 e. The van der Waals surface area contributed by atoms with Gasteiger partial charge < -0.3 is 15.3 Å². The molecule has 2 N–H and O–H groups in total. The standard InChI is InChI=1S/C12H18F3N3O/c1-3-18(5-4-6-19)11-8-9(12(13,14)15)7-10(16-2)17-11/h7-8,19H,3-6H2,1-2H3,(H,16,17). The minimum atomic E-state index is -4.40. The summed E-state index contributed by atoms with van der Waals surface area (Å²) < 4.78 is 38.4. The third-order valence-electron chi connectivity index (χ3n) is 2.69. The van der Waals surface area contributed by atoms with E-state index in [0.717, 1.165) is 12.1 Å². The fourth-order valence-electron chi connectivity index (χ4n) is 1.67. The third-order valence-corrected chi connectivity index (χ3v) is 2.69. The number of pyridine rings is 1. The molecule has 0 saturated carbocycles. The topological polar surface area (TPSA) is 48.4 Å². The Balaban J connectivity index is 3.11. The van der Waals surface area contributed by atoms with Crippen LogP contribution in [0.5, 0.6) is 0 Å². The summed E-state index contributed by atoms with van der Waals surface area (Å²) in [6.07, 6.45) is -3.92. The van der Waals surface area contributed by atoms with Crippen LogP contribution in [-0.4, -0.2) is 36.8 Å². The molecule has 0 aromatic carbocycles. The lowest BCUT2D eigenvalue weighted by molar-refractivity contribution is -0.137. The van der Waals surface area contributed by atoms with Crippen molar-refractivity contribution < 1.29 is 18.3 Å². The van der Waals surface area contributed by atoms with Crippen LogP contribution in [0.2, 0.25) is 0 Å². The number of aromatic nitrogens is 1. The van der Waals surface area contributed by atoms with Crippen LogP contribution < -0.4 is 10.2 Å². The SMILES string of the molecule is CCN(CCCO)c1cc(C(F)(F)F)cc(NC)n1. The monoisotopic (exact) mass is 277 g/mol. The molecule has 0 aliphatic rings. The van der Waals surface area contributed by atoms with Gasteiger partial charge in [-0.2, -0.15) is 13.2 Å². The number of hydrogen-bond donors (Lipinski definition) is 2. The minimum Gasteiger partial charge on any atom is -0.396 e. The molecule has 7 heteroatoms. The number of nitrogens with one attached hydrogen (secondary N) is 1. The van der Waals surface area contributed by atoms with Gasteiger partial charge in [0.05, 0.1) is 5.56 Å². The summed E-state index contributed by atoms with van der Waals surface area (Å²) in [5.41, 5.74) is -0.732. The van der Waals surface area contributed by atoms with E-state index in [1.807, 2.05) is 6.92 Å². The van der Waals surface area contributed by atoms with Crippen LogP contribution in [0.3, 0.4) is 0 Å². The summed E-state index contributed by atoms with van der Waals surface area (Å²) in [6.45, 7) is 2.81. The summed E-state index contributed by atoms with van der Waals surface area (Å²) in [5.74, 6) is 0.433. The van der Waals surface area contributed by atoms with Crippen molar-refractivity contribution >= 4 is 11.6 Å². The van der Waals surface area contributed by atoms with Crippen molar-refractivity contribution in [2.24, 2.45) is 0 Å². The van der Waals surface area contributed by atoms with Gasteiger partial charge in [0.1, 0.15) is 11.6 Å². The molecule has 4 nitrogen and oxygen atoms in total. The van der Waals surface area contributed by atoms with Crippen molar-refractivity contribution in [2.75, 3.05) is 37.0 Å². The first-order valence-corrected chi connectivity index (χ1v) is 6.05. The molecule has 0 amide bonds. The van der Waals surface area contributed by atoms with Crippen LogP contribution in [0.25, 0.3) is 0 Å². The van der Waals surface area contributed by atoms with Gasteiger partial charge in [-0.3, -0.25) is 0 Å². The van der Waals surface area contributed by atoms with Gasteiger partial charge in [0.25, 0.3) is 0 Å². The van der Waals surface area contributed by atoms with Crippen LogP contribution >= 0.6 is 0 Å². The van der Waals surface area contributed by atoms with E-state index in [1.54, 1.807) is 4.90 Å². The Morgan fingerprint density at radius 3 is 2.53 bits per heavy atom. The number of nitrogens with zero attached hydrogens (tertiary/aromatic N) is 2. The molecule has 19 heavy (non-hydrogen) atoms. The predicted molar refractivity (Wildman–Crippen MR) is 68.4 cm³/mol. The van der Waals surface area contributed by atoms with E-state index >= 15 is 0 Å². The molecule has 0 atom stereocenters. The highest BCUT2D eigenvalue weighted by molar-refractivity contribution is 5.51. The molecule has 1 rings (SSSR count). The van der Waals surface area contributed by atoms with Crippen molar-refractivity contribution in [3.8, 4) is 0 Å². The first-order valence-electron chi connectivity index (χ1n) is 6.05. The number of aliphatic hydroxyl groups excluding tert-OH is 1. The molecular weight excluding hydrogens is 259 g/mol. The quantitative estimate of drug-likeness (QED) is 0.838. The average Bonchev–Trinajstić information content (AvgIpc) is 2.38. The highest BCUT2D eigenvalue weighted by Gasteiger charge is 2.32. The summed E-state index contributed by atoms with van der Waals surface area (Å²) in [6, 6.07) is 2.01. The Morgan fingerprint density at radius 1 is 1.37 bits per heavy atom. The second-order valence-electron chi connectivity index (χ2n) is 4.00. The lowest BCUT2D eigenvalue weighted by atomic mass is 10.2. The fraction of sp³-hybridized carbons (Fsp3) is 0.583.